The van der Waals surface area contributed by atoms with Gasteiger partial charge in [-0.25, -0.2) is 0 Å². The molecule has 4 heteroatoms. The zero-order valence-electron chi connectivity index (χ0n) is 14.3. The molecule has 1 aromatic rings. The van der Waals surface area contributed by atoms with Gasteiger partial charge < -0.3 is 9.84 Å². The van der Waals surface area contributed by atoms with E-state index in [1.165, 1.54) is 0 Å². The molecule has 4 nitrogen and oxygen atoms in total. The zero-order valence-corrected chi connectivity index (χ0v) is 14.3. The summed E-state index contributed by atoms with van der Waals surface area (Å²) in [6, 6.07) is 9.47. The first-order valence-electron chi connectivity index (χ1n) is 7.78. The third-order valence-corrected chi connectivity index (χ3v) is 4.34. The molecule has 23 heavy (non-hydrogen) atoms. The van der Waals surface area contributed by atoms with Crippen LogP contribution < -0.4 is 0 Å². The highest BCUT2D eigenvalue weighted by molar-refractivity contribution is 6.20. The molecule has 124 valence electrons. The van der Waals surface area contributed by atoms with Gasteiger partial charge in [-0.3, -0.25) is 9.69 Å². The molecule has 1 aliphatic rings. The van der Waals surface area contributed by atoms with Crippen LogP contribution in [0.3, 0.4) is 0 Å². The summed E-state index contributed by atoms with van der Waals surface area (Å²) >= 11 is 0. The molecule has 0 aromatic heterocycles. The Kier molecular flexibility index (Phi) is 4.95. The average Bonchev–Trinajstić information content (AvgIpc) is 2.47. The van der Waals surface area contributed by atoms with Crippen molar-refractivity contribution in [1.82, 2.24) is 4.90 Å². The number of amides is 1. The molecule has 0 radical (unpaired) electrons. The largest absolute Gasteiger partial charge is 0.477 e. The van der Waals surface area contributed by atoms with E-state index in [1.807, 2.05) is 51.1 Å². The predicted molar refractivity (Wildman–Crippen MR) is 91.4 cm³/mol. The number of aliphatic hydroxyl groups is 1. The lowest BCUT2D eigenvalue weighted by Gasteiger charge is -2.44. The van der Waals surface area contributed by atoms with Crippen LogP contribution in [0, 0.1) is 0 Å². The van der Waals surface area contributed by atoms with Gasteiger partial charge in [0.2, 0.25) is 0 Å². The van der Waals surface area contributed by atoms with Gasteiger partial charge in [0.1, 0.15) is 5.76 Å². The van der Waals surface area contributed by atoms with Crippen LogP contribution in [-0.4, -0.2) is 34.3 Å². The summed E-state index contributed by atoms with van der Waals surface area (Å²) in [5.41, 5.74) is 1.50. The lowest BCUT2D eigenvalue weighted by molar-refractivity contribution is -0.145. The van der Waals surface area contributed by atoms with E-state index < -0.39 is 11.6 Å². The first kappa shape index (κ1) is 17.3. The van der Waals surface area contributed by atoms with Crippen LogP contribution in [0.25, 0.3) is 5.57 Å². The van der Waals surface area contributed by atoms with Crippen molar-refractivity contribution in [3.05, 3.63) is 53.8 Å². The molecule has 1 N–H and O–H groups in total. The summed E-state index contributed by atoms with van der Waals surface area (Å²) in [7, 11) is 0. The van der Waals surface area contributed by atoms with Crippen molar-refractivity contribution in [1.29, 1.82) is 0 Å². The highest BCUT2D eigenvalue weighted by Crippen LogP contribution is 2.32. The second-order valence-electron chi connectivity index (χ2n) is 6.63. The minimum atomic E-state index is -0.753. The van der Waals surface area contributed by atoms with Crippen LogP contribution in [0.1, 0.15) is 39.7 Å². The van der Waals surface area contributed by atoms with Gasteiger partial charge in [-0.1, -0.05) is 35.9 Å². The number of aliphatic hydroxyl groups excluding tert-OH is 1. The fourth-order valence-corrected chi connectivity index (χ4v) is 2.70. The van der Waals surface area contributed by atoms with Gasteiger partial charge in [0.25, 0.3) is 5.91 Å². The fourth-order valence-electron chi connectivity index (χ4n) is 2.70. The highest BCUT2D eigenvalue weighted by Gasteiger charge is 2.41. The molecule has 1 unspecified atom stereocenters. The maximum absolute atomic E-state index is 13.0. The zero-order chi connectivity index (χ0) is 17.2. The van der Waals surface area contributed by atoms with Crippen molar-refractivity contribution in [3.8, 4) is 0 Å². The number of hydrogen-bond donors (Lipinski definition) is 1. The molecular formula is C19H25NO3. The van der Waals surface area contributed by atoms with Crippen LogP contribution in [0.4, 0.5) is 0 Å². The third-order valence-electron chi connectivity index (χ3n) is 4.34. The molecule has 1 aromatic carbocycles. The van der Waals surface area contributed by atoms with E-state index in [0.29, 0.717) is 17.8 Å². The molecule has 1 amide bonds. The Hall–Kier alpha value is -2.07. The Labute approximate surface area is 138 Å². The molecule has 0 aliphatic carbocycles. The number of allylic oxidation sites excluding steroid dienone is 1. The number of benzene rings is 1. The Morgan fingerprint density at radius 3 is 2.57 bits per heavy atom. The molecule has 0 fully saturated rings. The third kappa shape index (κ3) is 3.48. The van der Waals surface area contributed by atoms with Crippen molar-refractivity contribution < 1.29 is 14.6 Å². The average molecular weight is 315 g/mol. The topological polar surface area (TPSA) is 49.8 Å². The summed E-state index contributed by atoms with van der Waals surface area (Å²) in [5, 5.41) is 10.5. The van der Waals surface area contributed by atoms with Crippen LogP contribution in [0.15, 0.2) is 48.2 Å². The first-order chi connectivity index (χ1) is 10.7. The second-order valence-corrected chi connectivity index (χ2v) is 6.63. The van der Waals surface area contributed by atoms with E-state index in [1.54, 1.807) is 11.8 Å². The number of carbonyl (C=O) groups excluding carboxylic acids is 1. The van der Waals surface area contributed by atoms with Crippen LogP contribution in [-0.2, 0) is 9.53 Å². The van der Waals surface area contributed by atoms with Gasteiger partial charge in [-0.2, -0.15) is 0 Å². The summed E-state index contributed by atoms with van der Waals surface area (Å²) in [6.45, 7) is 11.4. The van der Waals surface area contributed by atoms with Crippen LogP contribution in [0.5, 0.6) is 0 Å². The lowest BCUT2D eigenvalue weighted by Crippen LogP contribution is -2.57. The number of hydrogen-bond acceptors (Lipinski definition) is 3. The molecule has 0 bridgehead atoms. The van der Waals surface area contributed by atoms with Gasteiger partial charge in [0.05, 0.1) is 17.2 Å². The molecule has 0 saturated heterocycles. The normalized spacial score (nSPS) is 17.1. The SMILES string of the molecule is C=C(C)CC(O)C(C)(C)N1COC(C)=C(c2ccccc2)C1=O. The van der Waals surface area contributed by atoms with Crippen molar-refractivity contribution in [2.45, 2.75) is 45.8 Å². The monoisotopic (exact) mass is 315 g/mol. The molecule has 1 heterocycles. The van der Waals surface area contributed by atoms with Crippen molar-refractivity contribution in [3.63, 3.8) is 0 Å². The Morgan fingerprint density at radius 1 is 1.39 bits per heavy atom. The van der Waals surface area contributed by atoms with E-state index in [4.69, 9.17) is 4.74 Å². The molecule has 1 aliphatic heterocycles. The maximum Gasteiger partial charge on any atom is 0.261 e. The number of carbonyl (C=O) groups is 1. The Balaban J connectivity index is 2.34. The van der Waals surface area contributed by atoms with Gasteiger partial charge in [0, 0.05) is 0 Å². The van der Waals surface area contributed by atoms with Gasteiger partial charge >= 0.3 is 0 Å². The molecule has 1 atom stereocenters. The summed E-state index contributed by atoms with van der Waals surface area (Å²) in [5.74, 6) is 0.494. The standard InChI is InChI=1S/C19H25NO3/c1-13(2)11-16(21)19(4,5)20-12-23-14(3)17(18(20)22)15-9-7-6-8-10-15/h6-10,16,21H,1,11-12H2,2-5H3. The van der Waals surface area contributed by atoms with Crippen molar-refractivity contribution >= 4 is 11.5 Å². The van der Waals surface area contributed by atoms with E-state index in [-0.39, 0.29) is 12.6 Å². The molecule has 0 spiro atoms. The smallest absolute Gasteiger partial charge is 0.261 e. The van der Waals surface area contributed by atoms with E-state index in [9.17, 15) is 9.90 Å². The second kappa shape index (κ2) is 6.59. The minimum Gasteiger partial charge on any atom is -0.477 e. The maximum atomic E-state index is 13.0. The Morgan fingerprint density at radius 2 is 2.00 bits per heavy atom. The fraction of sp³-hybridized carbons (Fsp3) is 0.421. The Bertz CT molecular complexity index is 631. The van der Waals surface area contributed by atoms with E-state index >= 15 is 0 Å². The van der Waals surface area contributed by atoms with Gasteiger partial charge in [0.15, 0.2) is 6.73 Å². The number of rotatable bonds is 5. The van der Waals surface area contributed by atoms with E-state index in [0.717, 1.165) is 11.1 Å². The van der Waals surface area contributed by atoms with Crippen molar-refractivity contribution in [2.75, 3.05) is 6.73 Å². The van der Waals surface area contributed by atoms with Crippen LogP contribution >= 0.6 is 0 Å². The number of nitrogens with zero attached hydrogens (tertiary/aromatic N) is 1. The quantitative estimate of drug-likeness (QED) is 0.848. The molecule has 2 rings (SSSR count). The summed E-state index contributed by atoms with van der Waals surface area (Å²) in [6.07, 6.45) is -0.261. The molecule has 0 saturated carbocycles. The van der Waals surface area contributed by atoms with Crippen LogP contribution in [0.2, 0.25) is 0 Å². The van der Waals surface area contributed by atoms with Crippen molar-refractivity contribution in [2.24, 2.45) is 0 Å². The van der Waals surface area contributed by atoms with Gasteiger partial charge in [-0.15, -0.1) is 6.58 Å². The first-order valence-corrected chi connectivity index (χ1v) is 7.78. The van der Waals surface area contributed by atoms with Gasteiger partial charge in [-0.05, 0) is 39.7 Å². The predicted octanol–water partition coefficient (Wildman–Crippen LogP) is 3.34. The highest BCUT2D eigenvalue weighted by atomic mass is 16.5. The van der Waals surface area contributed by atoms with E-state index in [2.05, 4.69) is 6.58 Å². The number of ether oxygens (including phenoxy) is 1. The summed E-state index contributed by atoms with van der Waals surface area (Å²) in [4.78, 5) is 14.6. The summed E-state index contributed by atoms with van der Waals surface area (Å²) < 4.78 is 5.72. The lowest BCUT2D eigenvalue weighted by atomic mass is 9.89. The molecular weight excluding hydrogens is 290 g/mol. The minimum absolute atomic E-state index is 0.120.